The summed E-state index contributed by atoms with van der Waals surface area (Å²) in [5.41, 5.74) is -1.43. The maximum atomic E-state index is 12.9. The summed E-state index contributed by atoms with van der Waals surface area (Å²) in [6, 6.07) is 5.94. The predicted molar refractivity (Wildman–Crippen MR) is 75.4 cm³/mol. The molecule has 0 fully saturated rings. The van der Waals surface area contributed by atoms with Gasteiger partial charge in [0.2, 0.25) is 5.91 Å². The molecule has 1 amide bonds. The lowest BCUT2D eigenvalue weighted by molar-refractivity contribution is -0.137. The third-order valence-corrected chi connectivity index (χ3v) is 3.33. The standard InChI is InChI=1S/C15H12F3N3O3/c1-8-10(7-20-24-8)13(22)9(6-19)14(23)21-12-5-3-2-4-11(12)15(16,17)18/h2-5,7,9,13,22H,1H3,(H,21,23). The Morgan fingerprint density at radius 1 is 1.42 bits per heavy atom. The lowest BCUT2D eigenvalue weighted by atomic mass is 9.96. The molecule has 0 spiro atoms. The number of halogens is 3. The van der Waals surface area contributed by atoms with Gasteiger partial charge in [-0.1, -0.05) is 17.3 Å². The number of aliphatic hydroxyl groups excluding tert-OH is 1. The highest BCUT2D eigenvalue weighted by Crippen LogP contribution is 2.35. The number of hydrogen-bond acceptors (Lipinski definition) is 5. The molecule has 6 nitrogen and oxygen atoms in total. The first-order valence-electron chi connectivity index (χ1n) is 6.71. The Morgan fingerprint density at radius 3 is 2.62 bits per heavy atom. The monoisotopic (exact) mass is 339 g/mol. The third kappa shape index (κ3) is 3.55. The van der Waals surface area contributed by atoms with Crippen molar-refractivity contribution in [2.45, 2.75) is 19.2 Å². The van der Waals surface area contributed by atoms with Gasteiger partial charge in [-0.3, -0.25) is 4.79 Å². The second-order valence-corrected chi connectivity index (χ2v) is 4.92. The van der Waals surface area contributed by atoms with Gasteiger partial charge < -0.3 is 14.9 Å². The second kappa shape index (κ2) is 6.72. The van der Waals surface area contributed by atoms with E-state index in [-0.39, 0.29) is 11.3 Å². The minimum atomic E-state index is -4.67. The van der Waals surface area contributed by atoms with Crippen LogP contribution in [0.25, 0.3) is 0 Å². The molecule has 0 aliphatic carbocycles. The fraction of sp³-hybridized carbons (Fsp3) is 0.267. The molecule has 0 bridgehead atoms. The Labute approximate surface area is 134 Å². The third-order valence-electron chi connectivity index (χ3n) is 3.33. The number of nitrogens with zero attached hydrogens (tertiary/aromatic N) is 2. The largest absolute Gasteiger partial charge is 0.418 e. The van der Waals surface area contributed by atoms with Crippen molar-refractivity contribution in [1.82, 2.24) is 5.16 Å². The molecule has 9 heteroatoms. The zero-order chi connectivity index (χ0) is 17.9. The number of carbonyl (C=O) groups is 1. The van der Waals surface area contributed by atoms with Crippen molar-refractivity contribution in [2.24, 2.45) is 5.92 Å². The molecule has 0 aliphatic heterocycles. The average molecular weight is 339 g/mol. The Balaban J connectivity index is 2.26. The maximum absolute atomic E-state index is 12.9. The van der Waals surface area contributed by atoms with Gasteiger partial charge in [-0.15, -0.1) is 0 Å². The Morgan fingerprint density at radius 2 is 2.08 bits per heavy atom. The lowest BCUT2D eigenvalue weighted by Gasteiger charge is -2.18. The average Bonchev–Trinajstić information content (AvgIpc) is 2.93. The Hall–Kier alpha value is -2.86. The lowest BCUT2D eigenvalue weighted by Crippen LogP contribution is -2.28. The van der Waals surface area contributed by atoms with Crippen molar-refractivity contribution in [3.05, 3.63) is 47.3 Å². The van der Waals surface area contributed by atoms with Gasteiger partial charge in [-0.2, -0.15) is 18.4 Å². The number of benzene rings is 1. The van der Waals surface area contributed by atoms with E-state index in [1.807, 2.05) is 5.32 Å². The van der Waals surface area contributed by atoms with Gasteiger partial charge in [0.1, 0.15) is 11.9 Å². The normalized spacial score (nSPS) is 13.8. The van der Waals surface area contributed by atoms with Crippen LogP contribution < -0.4 is 5.32 Å². The molecule has 2 N–H and O–H groups in total. The maximum Gasteiger partial charge on any atom is 0.418 e. The number of rotatable bonds is 4. The van der Waals surface area contributed by atoms with E-state index in [9.17, 15) is 23.1 Å². The minimum absolute atomic E-state index is 0.112. The van der Waals surface area contributed by atoms with E-state index in [0.717, 1.165) is 18.3 Å². The van der Waals surface area contributed by atoms with Gasteiger partial charge >= 0.3 is 6.18 Å². The number of amides is 1. The summed E-state index contributed by atoms with van der Waals surface area (Å²) in [6.45, 7) is 1.47. The zero-order valence-corrected chi connectivity index (χ0v) is 12.3. The van der Waals surface area contributed by atoms with E-state index in [1.54, 1.807) is 6.07 Å². The first-order chi connectivity index (χ1) is 11.3. The summed E-state index contributed by atoms with van der Waals surface area (Å²) in [5.74, 6) is -2.50. The van der Waals surface area contributed by atoms with Gasteiger partial charge in [0, 0.05) is 5.56 Å². The van der Waals surface area contributed by atoms with Crippen LogP contribution in [-0.2, 0) is 11.0 Å². The summed E-state index contributed by atoms with van der Waals surface area (Å²) >= 11 is 0. The van der Waals surface area contributed by atoms with Crippen molar-refractivity contribution >= 4 is 11.6 Å². The molecule has 126 valence electrons. The summed E-state index contributed by atoms with van der Waals surface area (Å²) in [5, 5.41) is 24.7. The van der Waals surface area contributed by atoms with Crippen LogP contribution in [0.15, 0.2) is 35.0 Å². The van der Waals surface area contributed by atoms with E-state index >= 15 is 0 Å². The molecule has 0 radical (unpaired) electrons. The van der Waals surface area contributed by atoms with Crippen LogP contribution in [0.1, 0.15) is 23.0 Å². The molecule has 2 aromatic rings. The van der Waals surface area contributed by atoms with Crippen molar-refractivity contribution in [1.29, 1.82) is 5.26 Å². The highest BCUT2D eigenvalue weighted by atomic mass is 19.4. The first kappa shape index (κ1) is 17.5. The van der Waals surface area contributed by atoms with E-state index < -0.39 is 35.4 Å². The molecule has 1 heterocycles. The van der Waals surface area contributed by atoms with Crippen molar-refractivity contribution in [2.75, 3.05) is 5.32 Å². The van der Waals surface area contributed by atoms with E-state index in [2.05, 4.69) is 5.16 Å². The van der Waals surface area contributed by atoms with Crippen molar-refractivity contribution in [3.8, 4) is 6.07 Å². The van der Waals surface area contributed by atoms with E-state index in [0.29, 0.717) is 0 Å². The van der Waals surface area contributed by atoms with Crippen LogP contribution in [0.2, 0.25) is 0 Å². The molecule has 0 saturated carbocycles. The summed E-state index contributed by atoms with van der Waals surface area (Å²) in [7, 11) is 0. The molecule has 2 rings (SSSR count). The molecule has 1 aromatic carbocycles. The highest BCUT2D eigenvalue weighted by molar-refractivity contribution is 5.95. The number of carbonyl (C=O) groups excluding carboxylic acids is 1. The quantitative estimate of drug-likeness (QED) is 0.892. The topological polar surface area (TPSA) is 99.2 Å². The second-order valence-electron chi connectivity index (χ2n) is 4.92. The molecule has 0 aliphatic rings. The molecule has 24 heavy (non-hydrogen) atoms. The number of aliphatic hydroxyl groups is 1. The number of aromatic nitrogens is 1. The number of anilines is 1. The smallest absolute Gasteiger partial charge is 0.386 e. The van der Waals surface area contributed by atoms with Crippen LogP contribution in [0.3, 0.4) is 0 Å². The van der Waals surface area contributed by atoms with Crippen molar-refractivity contribution < 1.29 is 27.6 Å². The number of aryl methyl sites for hydroxylation is 1. The Kier molecular flexibility index (Phi) is 4.90. The summed E-state index contributed by atoms with van der Waals surface area (Å²) < 4.78 is 43.5. The molecular weight excluding hydrogens is 327 g/mol. The van der Waals surface area contributed by atoms with Gasteiger partial charge in [-0.25, -0.2) is 0 Å². The van der Waals surface area contributed by atoms with E-state index in [1.165, 1.54) is 19.1 Å². The van der Waals surface area contributed by atoms with Crippen LogP contribution in [0.5, 0.6) is 0 Å². The highest BCUT2D eigenvalue weighted by Gasteiger charge is 2.35. The van der Waals surface area contributed by atoms with Crippen molar-refractivity contribution in [3.63, 3.8) is 0 Å². The number of alkyl halides is 3. The van der Waals surface area contributed by atoms with Gasteiger partial charge in [-0.05, 0) is 19.1 Å². The molecule has 2 atom stereocenters. The molecule has 0 saturated heterocycles. The van der Waals surface area contributed by atoms with Crippen LogP contribution in [0, 0.1) is 24.2 Å². The number of nitrogens with one attached hydrogen (secondary N) is 1. The SMILES string of the molecule is Cc1oncc1C(O)C(C#N)C(=O)Nc1ccccc1C(F)(F)F. The number of hydrogen-bond donors (Lipinski definition) is 2. The fourth-order valence-corrected chi connectivity index (χ4v) is 2.09. The van der Waals surface area contributed by atoms with E-state index in [4.69, 9.17) is 9.78 Å². The molecular formula is C15H12F3N3O3. The van der Waals surface area contributed by atoms with Gasteiger partial charge in [0.15, 0.2) is 5.92 Å². The van der Waals surface area contributed by atoms with Gasteiger partial charge in [0.05, 0.1) is 23.5 Å². The molecule has 1 aromatic heterocycles. The zero-order valence-electron chi connectivity index (χ0n) is 12.3. The first-order valence-corrected chi connectivity index (χ1v) is 6.71. The minimum Gasteiger partial charge on any atom is -0.386 e. The molecule has 2 unspecified atom stereocenters. The number of para-hydroxylation sites is 1. The van der Waals surface area contributed by atoms with Crippen LogP contribution in [0.4, 0.5) is 18.9 Å². The van der Waals surface area contributed by atoms with Crippen LogP contribution >= 0.6 is 0 Å². The van der Waals surface area contributed by atoms with Gasteiger partial charge in [0.25, 0.3) is 0 Å². The predicted octanol–water partition coefficient (Wildman–Crippen LogP) is 2.81. The Bertz CT molecular complexity index is 780. The van der Waals surface area contributed by atoms with Crippen LogP contribution in [-0.4, -0.2) is 16.2 Å². The number of nitriles is 1. The summed E-state index contributed by atoms with van der Waals surface area (Å²) in [6.07, 6.45) is -5.11. The summed E-state index contributed by atoms with van der Waals surface area (Å²) in [4.78, 5) is 12.2. The fourth-order valence-electron chi connectivity index (χ4n) is 2.09.